The second-order valence-electron chi connectivity index (χ2n) is 10.3. The normalized spacial score (nSPS) is 14.9. The van der Waals surface area contributed by atoms with Crippen molar-refractivity contribution >= 4 is 17.5 Å². The SMILES string of the molecule is CC(C)(C)c1ccc(C(=O)N(Cc2cccn2Cc2ccccc2Cl)C2CCCCC2)cc1. The third-order valence-corrected chi connectivity index (χ3v) is 7.20. The fraction of sp³-hybridized carbons (Fsp3) is 0.414. The van der Waals surface area contributed by atoms with E-state index in [4.69, 9.17) is 11.6 Å². The van der Waals surface area contributed by atoms with Gasteiger partial charge >= 0.3 is 0 Å². The highest BCUT2D eigenvalue weighted by atomic mass is 35.5. The van der Waals surface area contributed by atoms with Gasteiger partial charge in [-0.05, 0) is 59.7 Å². The highest BCUT2D eigenvalue weighted by Gasteiger charge is 2.27. The average Bonchev–Trinajstić information content (AvgIpc) is 3.25. The molecule has 3 aromatic rings. The fourth-order valence-electron chi connectivity index (χ4n) is 4.77. The van der Waals surface area contributed by atoms with Gasteiger partial charge in [-0.25, -0.2) is 0 Å². The zero-order chi connectivity index (χ0) is 23.4. The Morgan fingerprint density at radius 3 is 2.33 bits per heavy atom. The minimum absolute atomic E-state index is 0.0736. The number of hydrogen-bond donors (Lipinski definition) is 0. The van der Waals surface area contributed by atoms with Crippen LogP contribution >= 0.6 is 11.6 Å². The van der Waals surface area contributed by atoms with Gasteiger partial charge in [-0.3, -0.25) is 4.79 Å². The van der Waals surface area contributed by atoms with Gasteiger partial charge in [0.25, 0.3) is 5.91 Å². The molecule has 0 saturated heterocycles. The number of carbonyl (C=O) groups excluding carboxylic acids is 1. The topological polar surface area (TPSA) is 25.2 Å². The van der Waals surface area contributed by atoms with Crippen molar-refractivity contribution < 1.29 is 4.79 Å². The van der Waals surface area contributed by atoms with Crippen LogP contribution < -0.4 is 0 Å². The molecule has 0 aliphatic heterocycles. The molecule has 1 saturated carbocycles. The summed E-state index contributed by atoms with van der Waals surface area (Å²) in [6, 6.07) is 20.7. The maximum absolute atomic E-state index is 13.8. The molecule has 0 unspecified atom stereocenters. The van der Waals surface area contributed by atoms with E-state index >= 15 is 0 Å². The molecule has 0 radical (unpaired) electrons. The number of nitrogens with zero attached hydrogens (tertiary/aromatic N) is 2. The number of carbonyl (C=O) groups is 1. The van der Waals surface area contributed by atoms with E-state index in [0.717, 1.165) is 34.7 Å². The van der Waals surface area contributed by atoms with Crippen LogP contribution in [-0.2, 0) is 18.5 Å². The molecule has 1 aliphatic rings. The lowest BCUT2D eigenvalue weighted by atomic mass is 9.86. The summed E-state index contributed by atoms with van der Waals surface area (Å²) in [5, 5.41) is 0.774. The van der Waals surface area contributed by atoms with Crippen LogP contribution in [0.25, 0.3) is 0 Å². The van der Waals surface area contributed by atoms with Crippen LogP contribution in [0.3, 0.4) is 0 Å². The molecule has 3 nitrogen and oxygen atoms in total. The molecule has 1 fully saturated rings. The second-order valence-corrected chi connectivity index (χ2v) is 10.7. The predicted molar refractivity (Wildman–Crippen MR) is 137 cm³/mol. The van der Waals surface area contributed by atoms with E-state index in [1.807, 2.05) is 30.3 Å². The molecule has 1 heterocycles. The predicted octanol–water partition coefficient (Wildman–Crippen LogP) is 7.46. The number of halogens is 1. The average molecular weight is 463 g/mol. The molecule has 1 aliphatic carbocycles. The minimum Gasteiger partial charge on any atom is -0.345 e. The largest absolute Gasteiger partial charge is 0.345 e. The van der Waals surface area contributed by atoms with Crippen LogP contribution in [0, 0.1) is 0 Å². The molecule has 4 heteroatoms. The smallest absolute Gasteiger partial charge is 0.254 e. The Hall–Kier alpha value is -2.52. The maximum Gasteiger partial charge on any atom is 0.254 e. The Balaban J connectivity index is 1.59. The molecule has 4 rings (SSSR count). The third kappa shape index (κ3) is 5.70. The van der Waals surface area contributed by atoms with Crippen LogP contribution in [-0.4, -0.2) is 21.4 Å². The van der Waals surface area contributed by atoms with Gasteiger partial charge in [0.15, 0.2) is 0 Å². The van der Waals surface area contributed by atoms with E-state index < -0.39 is 0 Å². The first kappa shape index (κ1) is 23.6. The zero-order valence-electron chi connectivity index (χ0n) is 20.1. The van der Waals surface area contributed by atoms with Gasteiger partial charge in [-0.2, -0.15) is 0 Å². The molecular formula is C29H35ClN2O. The Labute approximate surface area is 203 Å². The molecule has 1 aromatic heterocycles. The number of hydrogen-bond acceptors (Lipinski definition) is 1. The monoisotopic (exact) mass is 462 g/mol. The van der Waals surface area contributed by atoms with Crippen molar-refractivity contribution in [1.29, 1.82) is 0 Å². The Kier molecular flexibility index (Phi) is 7.29. The van der Waals surface area contributed by atoms with Crippen molar-refractivity contribution in [2.75, 3.05) is 0 Å². The zero-order valence-corrected chi connectivity index (χ0v) is 20.8. The van der Waals surface area contributed by atoms with Crippen molar-refractivity contribution in [1.82, 2.24) is 9.47 Å². The number of amides is 1. The first-order valence-corrected chi connectivity index (χ1v) is 12.5. The summed E-state index contributed by atoms with van der Waals surface area (Å²) in [6.45, 7) is 7.92. The lowest BCUT2D eigenvalue weighted by Gasteiger charge is -2.35. The maximum atomic E-state index is 13.8. The molecule has 1 amide bonds. The van der Waals surface area contributed by atoms with Gasteiger partial charge in [0.1, 0.15) is 0 Å². The summed E-state index contributed by atoms with van der Waals surface area (Å²) >= 11 is 6.42. The molecule has 0 bridgehead atoms. The Morgan fingerprint density at radius 1 is 0.970 bits per heavy atom. The van der Waals surface area contributed by atoms with E-state index in [2.05, 4.69) is 66.8 Å². The van der Waals surface area contributed by atoms with E-state index in [1.165, 1.54) is 24.8 Å². The van der Waals surface area contributed by atoms with Gasteiger partial charge in [-0.1, -0.05) is 82.0 Å². The van der Waals surface area contributed by atoms with E-state index in [1.54, 1.807) is 0 Å². The number of rotatable bonds is 6. The Morgan fingerprint density at radius 2 is 1.67 bits per heavy atom. The lowest BCUT2D eigenvalue weighted by Crippen LogP contribution is -2.41. The van der Waals surface area contributed by atoms with Gasteiger partial charge in [0, 0.05) is 35.1 Å². The fourth-order valence-corrected chi connectivity index (χ4v) is 4.97. The van der Waals surface area contributed by atoms with E-state index in [9.17, 15) is 4.79 Å². The Bertz CT molecular complexity index is 1070. The summed E-state index contributed by atoms with van der Waals surface area (Å²) in [6.07, 6.45) is 7.90. The van der Waals surface area contributed by atoms with Crippen molar-refractivity contribution in [2.24, 2.45) is 0 Å². The van der Waals surface area contributed by atoms with Crippen molar-refractivity contribution in [3.05, 3.63) is 94.3 Å². The molecule has 0 spiro atoms. The van der Waals surface area contributed by atoms with Crippen LogP contribution in [0.15, 0.2) is 66.9 Å². The van der Waals surface area contributed by atoms with Gasteiger partial charge < -0.3 is 9.47 Å². The molecule has 33 heavy (non-hydrogen) atoms. The van der Waals surface area contributed by atoms with Gasteiger partial charge in [-0.15, -0.1) is 0 Å². The van der Waals surface area contributed by atoms with Crippen molar-refractivity contribution in [2.45, 2.75) is 77.4 Å². The molecule has 174 valence electrons. The first-order valence-electron chi connectivity index (χ1n) is 12.1. The summed E-state index contributed by atoms with van der Waals surface area (Å²) in [4.78, 5) is 15.9. The lowest BCUT2D eigenvalue weighted by molar-refractivity contribution is 0.0608. The number of benzene rings is 2. The molecular weight excluding hydrogens is 428 g/mol. The van der Waals surface area contributed by atoms with Crippen molar-refractivity contribution in [3.63, 3.8) is 0 Å². The summed E-state index contributed by atoms with van der Waals surface area (Å²) < 4.78 is 2.22. The van der Waals surface area contributed by atoms with E-state index in [0.29, 0.717) is 13.1 Å². The highest BCUT2D eigenvalue weighted by Crippen LogP contribution is 2.28. The third-order valence-electron chi connectivity index (χ3n) is 6.83. The summed E-state index contributed by atoms with van der Waals surface area (Å²) in [5.74, 6) is 0.132. The minimum atomic E-state index is 0.0736. The van der Waals surface area contributed by atoms with Gasteiger partial charge in [0.05, 0.1) is 6.54 Å². The standard InChI is InChI=1S/C29H35ClN2O/c1-29(2,3)24-17-15-22(16-18-24)28(33)32(25-11-5-4-6-12-25)21-26-13-9-19-31(26)20-23-10-7-8-14-27(23)30/h7-10,13-19,25H,4-6,11-12,20-21H2,1-3H3. The first-order chi connectivity index (χ1) is 15.8. The van der Waals surface area contributed by atoms with Crippen LogP contribution in [0.5, 0.6) is 0 Å². The second kappa shape index (κ2) is 10.2. The summed E-state index contributed by atoms with van der Waals surface area (Å²) in [5.41, 5.74) is 4.32. The molecule has 0 atom stereocenters. The van der Waals surface area contributed by atoms with Crippen LogP contribution in [0.1, 0.15) is 80.1 Å². The molecule has 0 N–H and O–H groups in total. The van der Waals surface area contributed by atoms with Gasteiger partial charge in [0.2, 0.25) is 0 Å². The van der Waals surface area contributed by atoms with Crippen LogP contribution in [0.4, 0.5) is 0 Å². The summed E-state index contributed by atoms with van der Waals surface area (Å²) in [7, 11) is 0. The van der Waals surface area contributed by atoms with Crippen LogP contribution in [0.2, 0.25) is 5.02 Å². The van der Waals surface area contributed by atoms with E-state index in [-0.39, 0.29) is 17.4 Å². The number of aromatic nitrogens is 1. The quantitative estimate of drug-likeness (QED) is 0.373. The molecule has 2 aromatic carbocycles. The highest BCUT2D eigenvalue weighted by molar-refractivity contribution is 6.31. The van der Waals surface area contributed by atoms with Crippen molar-refractivity contribution in [3.8, 4) is 0 Å².